The van der Waals surface area contributed by atoms with Gasteiger partial charge in [0.25, 0.3) is 0 Å². The zero-order valence-corrected chi connectivity index (χ0v) is 10.6. The minimum atomic E-state index is 0.587. The molecular formula is C18H16. The Hall–Kier alpha value is -1.82. The Morgan fingerprint density at radius 3 is 2.78 bits per heavy atom. The van der Waals surface area contributed by atoms with Gasteiger partial charge in [-0.3, -0.25) is 0 Å². The summed E-state index contributed by atoms with van der Waals surface area (Å²) in [5.74, 6) is 1.25. The average Bonchev–Trinajstić information content (AvgIpc) is 2.56. The van der Waals surface area contributed by atoms with Crippen molar-refractivity contribution in [3.05, 3.63) is 59.2 Å². The number of rotatable bonds is 0. The summed E-state index contributed by atoms with van der Waals surface area (Å²) in [4.78, 5) is 0. The molecule has 0 radical (unpaired) electrons. The zero-order chi connectivity index (χ0) is 12.1. The van der Waals surface area contributed by atoms with Gasteiger partial charge in [0.1, 0.15) is 0 Å². The van der Waals surface area contributed by atoms with E-state index in [4.69, 9.17) is 0 Å². The van der Waals surface area contributed by atoms with Crippen LogP contribution in [0.3, 0.4) is 0 Å². The lowest BCUT2D eigenvalue weighted by Gasteiger charge is -2.23. The molecule has 2 atom stereocenters. The van der Waals surface area contributed by atoms with Crippen LogP contribution in [0.25, 0.3) is 22.9 Å². The van der Waals surface area contributed by atoms with Crippen molar-refractivity contribution in [3.8, 4) is 0 Å². The summed E-state index contributed by atoms with van der Waals surface area (Å²) >= 11 is 0. The van der Waals surface area contributed by atoms with E-state index in [0.29, 0.717) is 11.8 Å². The van der Waals surface area contributed by atoms with Crippen LogP contribution in [0.2, 0.25) is 0 Å². The lowest BCUT2D eigenvalue weighted by molar-refractivity contribution is 0.610. The van der Waals surface area contributed by atoms with Crippen LogP contribution >= 0.6 is 0 Å². The summed E-state index contributed by atoms with van der Waals surface area (Å²) in [5, 5.41) is 2.85. The van der Waals surface area contributed by atoms with Crippen molar-refractivity contribution < 1.29 is 0 Å². The van der Waals surface area contributed by atoms with E-state index >= 15 is 0 Å². The Labute approximate surface area is 108 Å². The molecule has 0 heterocycles. The van der Waals surface area contributed by atoms with Gasteiger partial charge in [0.15, 0.2) is 0 Å². The number of benzene rings is 2. The van der Waals surface area contributed by atoms with E-state index in [1.54, 1.807) is 5.56 Å². The molecule has 2 unspecified atom stereocenters. The van der Waals surface area contributed by atoms with Crippen molar-refractivity contribution >= 4 is 22.9 Å². The molecule has 0 heteroatoms. The van der Waals surface area contributed by atoms with E-state index < -0.39 is 0 Å². The SMILES string of the molecule is CC1C=Cc2ccc3cccc4c3c2C(C=C4)C1. The van der Waals surface area contributed by atoms with E-state index in [9.17, 15) is 0 Å². The summed E-state index contributed by atoms with van der Waals surface area (Å²) in [6.45, 7) is 2.31. The molecule has 0 N–H and O–H groups in total. The maximum absolute atomic E-state index is 2.39. The molecule has 0 bridgehead atoms. The monoisotopic (exact) mass is 232 g/mol. The largest absolute Gasteiger partial charge is 0.0811 e. The second kappa shape index (κ2) is 3.58. The normalized spacial score (nSPS) is 24.3. The van der Waals surface area contributed by atoms with Gasteiger partial charge in [-0.1, -0.05) is 61.6 Å². The molecule has 0 saturated heterocycles. The first kappa shape index (κ1) is 10.1. The lowest BCUT2D eigenvalue weighted by Crippen LogP contribution is -2.05. The highest BCUT2D eigenvalue weighted by atomic mass is 14.3. The van der Waals surface area contributed by atoms with Gasteiger partial charge in [0, 0.05) is 5.92 Å². The van der Waals surface area contributed by atoms with Crippen molar-refractivity contribution in [2.45, 2.75) is 19.3 Å². The molecule has 0 aliphatic heterocycles. The lowest BCUT2D eigenvalue weighted by atomic mass is 9.81. The van der Waals surface area contributed by atoms with Crippen molar-refractivity contribution in [1.82, 2.24) is 0 Å². The van der Waals surface area contributed by atoms with Crippen LogP contribution in [0, 0.1) is 5.92 Å². The quantitative estimate of drug-likeness (QED) is 0.599. The molecule has 0 spiro atoms. The summed E-state index contributed by atoms with van der Waals surface area (Å²) in [6.07, 6.45) is 10.6. The Morgan fingerprint density at radius 2 is 1.83 bits per heavy atom. The minimum absolute atomic E-state index is 0.587. The molecule has 2 aliphatic rings. The molecule has 0 amide bonds. The van der Waals surface area contributed by atoms with Crippen molar-refractivity contribution in [2.24, 2.45) is 5.92 Å². The molecule has 18 heavy (non-hydrogen) atoms. The summed E-state index contributed by atoms with van der Waals surface area (Å²) in [5.41, 5.74) is 4.34. The van der Waals surface area contributed by atoms with Crippen LogP contribution in [-0.2, 0) is 0 Å². The minimum Gasteiger partial charge on any atom is -0.0811 e. The summed E-state index contributed by atoms with van der Waals surface area (Å²) in [7, 11) is 0. The van der Waals surface area contributed by atoms with Crippen molar-refractivity contribution in [2.75, 3.05) is 0 Å². The highest BCUT2D eigenvalue weighted by molar-refractivity contribution is 5.98. The fraction of sp³-hybridized carbons (Fsp3) is 0.222. The third-order valence-corrected chi connectivity index (χ3v) is 4.26. The van der Waals surface area contributed by atoms with Gasteiger partial charge in [-0.15, -0.1) is 0 Å². The predicted molar refractivity (Wildman–Crippen MR) is 78.5 cm³/mol. The summed E-state index contributed by atoms with van der Waals surface area (Å²) in [6, 6.07) is 11.2. The van der Waals surface area contributed by atoms with Gasteiger partial charge < -0.3 is 0 Å². The van der Waals surface area contributed by atoms with E-state index in [2.05, 4.69) is 61.6 Å². The molecule has 2 aliphatic carbocycles. The Balaban J connectivity index is 2.13. The molecule has 4 rings (SSSR count). The molecule has 88 valence electrons. The van der Waals surface area contributed by atoms with Gasteiger partial charge in [-0.05, 0) is 39.8 Å². The van der Waals surface area contributed by atoms with E-state index in [0.717, 1.165) is 0 Å². The molecule has 0 aromatic heterocycles. The zero-order valence-electron chi connectivity index (χ0n) is 10.6. The predicted octanol–water partition coefficient (Wildman–Crippen LogP) is 5.00. The molecular weight excluding hydrogens is 216 g/mol. The first-order valence-electron chi connectivity index (χ1n) is 6.75. The van der Waals surface area contributed by atoms with E-state index in [1.807, 2.05) is 0 Å². The fourth-order valence-corrected chi connectivity index (χ4v) is 3.40. The van der Waals surface area contributed by atoms with Crippen LogP contribution in [0.15, 0.2) is 42.5 Å². The van der Waals surface area contributed by atoms with Gasteiger partial charge in [0.2, 0.25) is 0 Å². The topological polar surface area (TPSA) is 0 Å². The van der Waals surface area contributed by atoms with Crippen molar-refractivity contribution in [3.63, 3.8) is 0 Å². The van der Waals surface area contributed by atoms with Crippen LogP contribution in [0.1, 0.15) is 36.0 Å². The molecule has 0 fully saturated rings. The Morgan fingerprint density at radius 1 is 0.944 bits per heavy atom. The fourth-order valence-electron chi connectivity index (χ4n) is 3.40. The number of hydrogen-bond acceptors (Lipinski definition) is 0. The van der Waals surface area contributed by atoms with Crippen LogP contribution < -0.4 is 0 Å². The van der Waals surface area contributed by atoms with Crippen LogP contribution in [0.5, 0.6) is 0 Å². The third-order valence-electron chi connectivity index (χ3n) is 4.26. The van der Waals surface area contributed by atoms with Crippen LogP contribution in [-0.4, -0.2) is 0 Å². The van der Waals surface area contributed by atoms with E-state index in [1.165, 1.54) is 28.3 Å². The maximum Gasteiger partial charge on any atom is 0.00391 e. The second-order valence-electron chi connectivity index (χ2n) is 5.55. The average molecular weight is 232 g/mol. The smallest absolute Gasteiger partial charge is 0.00391 e. The number of hydrogen-bond donors (Lipinski definition) is 0. The Kier molecular flexibility index (Phi) is 2.02. The Bertz CT molecular complexity index is 688. The molecule has 0 nitrogen and oxygen atoms in total. The second-order valence-corrected chi connectivity index (χ2v) is 5.55. The van der Waals surface area contributed by atoms with Gasteiger partial charge in [-0.2, -0.15) is 0 Å². The molecule has 2 aromatic carbocycles. The van der Waals surface area contributed by atoms with Gasteiger partial charge in [-0.25, -0.2) is 0 Å². The van der Waals surface area contributed by atoms with Crippen LogP contribution in [0.4, 0.5) is 0 Å². The summed E-state index contributed by atoms with van der Waals surface area (Å²) < 4.78 is 0. The van der Waals surface area contributed by atoms with E-state index in [-0.39, 0.29) is 0 Å². The van der Waals surface area contributed by atoms with Gasteiger partial charge >= 0.3 is 0 Å². The van der Waals surface area contributed by atoms with Gasteiger partial charge in [0.05, 0.1) is 0 Å². The maximum atomic E-state index is 2.39. The third kappa shape index (κ3) is 1.32. The van der Waals surface area contributed by atoms with Crippen molar-refractivity contribution in [1.29, 1.82) is 0 Å². The first-order valence-corrected chi connectivity index (χ1v) is 6.75. The number of allylic oxidation sites excluding steroid dienone is 2. The standard InChI is InChI=1S/C18H16/c1-12-5-6-15-8-7-13-3-2-4-14-9-10-16(11-12)18(15)17(13)14/h2-10,12,16H,11H2,1H3. The first-order chi connectivity index (χ1) is 8.83. The highest BCUT2D eigenvalue weighted by Crippen LogP contribution is 2.42. The molecule has 2 aromatic rings. The molecule has 0 saturated carbocycles. The highest BCUT2D eigenvalue weighted by Gasteiger charge is 2.23.